The molecular formula is C13H16N4O4. The van der Waals surface area contributed by atoms with Crippen LogP contribution in [0.15, 0.2) is 6.20 Å². The third-order valence-corrected chi connectivity index (χ3v) is 3.81. The third kappa shape index (κ3) is 2.03. The van der Waals surface area contributed by atoms with Crippen molar-refractivity contribution in [2.24, 2.45) is 7.05 Å². The average Bonchev–Trinajstić information content (AvgIpc) is 2.90. The molecule has 8 heteroatoms. The van der Waals surface area contributed by atoms with Gasteiger partial charge in [0.05, 0.1) is 29.0 Å². The molecule has 1 aliphatic heterocycles. The van der Waals surface area contributed by atoms with E-state index in [-0.39, 0.29) is 18.7 Å². The Balaban J connectivity index is 2.27. The van der Waals surface area contributed by atoms with Gasteiger partial charge < -0.3 is 20.2 Å². The number of carboxylic acids is 1. The number of fused-ring (bicyclic) bond motifs is 1. The van der Waals surface area contributed by atoms with Gasteiger partial charge in [0.2, 0.25) is 0 Å². The molecular weight excluding hydrogens is 276 g/mol. The van der Waals surface area contributed by atoms with Crippen LogP contribution >= 0.6 is 0 Å². The highest BCUT2D eigenvalue weighted by atomic mass is 16.4. The minimum Gasteiger partial charge on any atom is -0.478 e. The maximum absolute atomic E-state index is 11.5. The molecule has 3 heterocycles. The van der Waals surface area contributed by atoms with Gasteiger partial charge in [0.25, 0.3) is 0 Å². The zero-order valence-electron chi connectivity index (χ0n) is 11.7. The molecule has 21 heavy (non-hydrogen) atoms. The molecule has 0 amide bonds. The van der Waals surface area contributed by atoms with Crippen LogP contribution < -0.4 is 4.90 Å². The van der Waals surface area contributed by atoms with Gasteiger partial charge in [-0.3, -0.25) is 4.68 Å². The molecule has 1 saturated heterocycles. The summed E-state index contributed by atoms with van der Waals surface area (Å²) in [6.45, 7) is 2.13. The van der Waals surface area contributed by atoms with Gasteiger partial charge in [0.15, 0.2) is 5.65 Å². The van der Waals surface area contributed by atoms with E-state index in [4.69, 9.17) is 0 Å². The Morgan fingerprint density at radius 3 is 2.52 bits per heavy atom. The number of pyridine rings is 1. The molecule has 3 N–H and O–H groups in total. The summed E-state index contributed by atoms with van der Waals surface area (Å²) >= 11 is 0. The predicted octanol–water partition coefficient (Wildman–Crippen LogP) is -0.483. The molecule has 1 fully saturated rings. The summed E-state index contributed by atoms with van der Waals surface area (Å²) in [5.74, 6) is -1.10. The van der Waals surface area contributed by atoms with E-state index in [0.29, 0.717) is 22.4 Å². The summed E-state index contributed by atoms with van der Waals surface area (Å²) < 4.78 is 1.59. The fraction of sp³-hybridized carbons (Fsp3) is 0.462. The van der Waals surface area contributed by atoms with E-state index in [1.54, 1.807) is 23.6 Å². The summed E-state index contributed by atoms with van der Waals surface area (Å²) in [5.41, 5.74) is 1.73. The summed E-state index contributed by atoms with van der Waals surface area (Å²) in [4.78, 5) is 17.3. The molecule has 2 aromatic rings. The van der Waals surface area contributed by atoms with E-state index < -0.39 is 18.2 Å². The molecule has 3 rings (SSSR count). The lowest BCUT2D eigenvalue weighted by Crippen LogP contribution is -2.24. The topological polar surface area (TPSA) is 112 Å². The lowest BCUT2D eigenvalue weighted by Gasteiger charge is -2.21. The maximum Gasteiger partial charge on any atom is 0.339 e. The van der Waals surface area contributed by atoms with Gasteiger partial charge >= 0.3 is 5.97 Å². The van der Waals surface area contributed by atoms with Gasteiger partial charge in [-0.05, 0) is 6.92 Å². The molecule has 8 nitrogen and oxygen atoms in total. The number of hydrogen-bond donors (Lipinski definition) is 3. The van der Waals surface area contributed by atoms with E-state index in [1.165, 1.54) is 6.20 Å². The zero-order valence-corrected chi connectivity index (χ0v) is 11.7. The van der Waals surface area contributed by atoms with E-state index in [1.807, 2.05) is 0 Å². The Hall–Kier alpha value is -2.19. The van der Waals surface area contributed by atoms with Crippen LogP contribution in [0.5, 0.6) is 0 Å². The first-order valence-corrected chi connectivity index (χ1v) is 6.56. The number of aliphatic hydroxyl groups excluding tert-OH is 2. The maximum atomic E-state index is 11.5. The highest BCUT2D eigenvalue weighted by molar-refractivity contribution is 6.05. The van der Waals surface area contributed by atoms with Crippen LogP contribution in [-0.2, 0) is 7.05 Å². The monoisotopic (exact) mass is 292 g/mol. The Morgan fingerprint density at radius 2 is 1.95 bits per heavy atom. The second-order valence-corrected chi connectivity index (χ2v) is 5.27. The lowest BCUT2D eigenvalue weighted by molar-refractivity contribution is 0.0572. The minimum atomic E-state index is -1.10. The first-order valence-electron chi connectivity index (χ1n) is 6.56. The molecule has 2 atom stereocenters. The second-order valence-electron chi connectivity index (χ2n) is 5.27. The molecule has 0 saturated carbocycles. The summed E-state index contributed by atoms with van der Waals surface area (Å²) in [5, 5.41) is 33.8. The van der Waals surface area contributed by atoms with Crippen molar-refractivity contribution in [3.8, 4) is 0 Å². The van der Waals surface area contributed by atoms with Crippen molar-refractivity contribution in [3.05, 3.63) is 17.5 Å². The molecule has 0 spiro atoms. The molecule has 0 aromatic carbocycles. The number of aryl methyl sites for hydroxylation is 2. The van der Waals surface area contributed by atoms with Crippen LogP contribution in [0.3, 0.4) is 0 Å². The van der Waals surface area contributed by atoms with Gasteiger partial charge in [0.1, 0.15) is 5.56 Å². The van der Waals surface area contributed by atoms with Crippen LogP contribution in [-0.4, -0.2) is 61.4 Å². The lowest BCUT2D eigenvalue weighted by atomic mass is 10.1. The fourth-order valence-corrected chi connectivity index (χ4v) is 2.83. The summed E-state index contributed by atoms with van der Waals surface area (Å²) in [7, 11) is 1.74. The Labute approximate surface area is 120 Å². The van der Waals surface area contributed by atoms with Gasteiger partial charge in [0, 0.05) is 26.3 Å². The van der Waals surface area contributed by atoms with E-state index in [2.05, 4.69) is 10.1 Å². The Bertz CT molecular complexity index is 717. The summed E-state index contributed by atoms with van der Waals surface area (Å²) in [6, 6.07) is 0. The minimum absolute atomic E-state index is 0.0416. The number of β-amino-alcohol motifs (C(OH)–C–C–N with tert-alkyl or cyclic N) is 2. The highest BCUT2D eigenvalue weighted by Crippen LogP contribution is 2.34. The van der Waals surface area contributed by atoms with Crippen LogP contribution in [0.1, 0.15) is 16.1 Å². The van der Waals surface area contributed by atoms with E-state index in [9.17, 15) is 20.1 Å². The van der Waals surface area contributed by atoms with Crippen molar-refractivity contribution >= 4 is 22.7 Å². The van der Waals surface area contributed by atoms with Crippen LogP contribution in [0, 0.1) is 6.92 Å². The number of aromatic nitrogens is 3. The van der Waals surface area contributed by atoms with Crippen molar-refractivity contribution in [3.63, 3.8) is 0 Å². The first-order chi connectivity index (χ1) is 9.90. The van der Waals surface area contributed by atoms with Crippen molar-refractivity contribution in [1.29, 1.82) is 0 Å². The normalized spacial score (nSPS) is 22.2. The molecule has 2 unspecified atom stereocenters. The molecule has 112 valence electrons. The zero-order chi connectivity index (χ0) is 15.3. The second kappa shape index (κ2) is 4.68. The molecule has 0 aliphatic carbocycles. The van der Waals surface area contributed by atoms with Gasteiger partial charge in [-0.1, -0.05) is 0 Å². The molecule has 1 aliphatic rings. The van der Waals surface area contributed by atoms with E-state index in [0.717, 1.165) is 0 Å². The number of nitrogens with zero attached hydrogens (tertiary/aromatic N) is 4. The SMILES string of the molecule is Cc1nn(C)c2ncc(C(=O)O)c(N3CC(O)C(O)C3)c12. The number of carboxylic acid groups (broad SMARTS) is 1. The van der Waals surface area contributed by atoms with Crippen molar-refractivity contribution in [2.75, 3.05) is 18.0 Å². The number of anilines is 1. The quantitative estimate of drug-likeness (QED) is 0.685. The highest BCUT2D eigenvalue weighted by Gasteiger charge is 2.34. The Kier molecular flexibility index (Phi) is 3.07. The number of aliphatic hydroxyl groups is 2. The molecule has 2 aromatic heterocycles. The number of hydrogen-bond acceptors (Lipinski definition) is 6. The third-order valence-electron chi connectivity index (χ3n) is 3.81. The average molecular weight is 292 g/mol. The number of carbonyl (C=O) groups is 1. The first kappa shape index (κ1) is 13.8. The smallest absolute Gasteiger partial charge is 0.339 e. The van der Waals surface area contributed by atoms with Gasteiger partial charge in [-0.2, -0.15) is 5.10 Å². The summed E-state index contributed by atoms with van der Waals surface area (Å²) in [6.07, 6.45) is -0.503. The molecule has 0 radical (unpaired) electrons. The number of rotatable bonds is 2. The van der Waals surface area contributed by atoms with Crippen LogP contribution in [0.25, 0.3) is 11.0 Å². The van der Waals surface area contributed by atoms with Gasteiger partial charge in [-0.15, -0.1) is 0 Å². The number of aromatic carboxylic acids is 1. The van der Waals surface area contributed by atoms with E-state index >= 15 is 0 Å². The Morgan fingerprint density at radius 1 is 1.33 bits per heavy atom. The van der Waals surface area contributed by atoms with Crippen molar-refractivity contribution in [1.82, 2.24) is 14.8 Å². The fourth-order valence-electron chi connectivity index (χ4n) is 2.83. The van der Waals surface area contributed by atoms with Crippen molar-refractivity contribution in [2.45, 2.75) is 19.1 Å². The predicted molar refractivity (Wildman–Crippen MR) is 74.4 cm³/mol. The standard InChI is InChI=1S/C13H16N4O4/c1-6-10-11(17-4-8(18)9(19)5-17)7(13(20)21)3-14-12(10)16(2)15-6/h3,8-9,18-19H,4-5H2,1-2H3,(H,20,21). The largest absolute Gasteiger partial charge is 0.478 e. The van der Waals surface area contributed by atoms with Crippen LogP contribution in [0.4, 0.5) is 5.69 Å². The van der Waals surface area contributed by atoms with Crippen LogP contribution in [0.2, 0.25) is 0 Å². The van der Waals surface area contributed by atoms with Gasteiger partial charge in [-0.25, -0.2) is 9.78 Å². The molecule has 0 bridgehead atoms. The van der Waals surface area contributed by atoms with Crippen molar-refractivity contribution < 1.29 is 20.1 Å².